The van der Waals surface area contributed by atoms with Gasteiger partial charge in [0.2, 0.25) is 0 Å². The van der Waals surface area contributed by atoms with Crippen molar-refractivity contribution >= 4 is 28.3 Å². The van der Waals surface area contributed by atoms with Gasteiger partial charge in [0.25, 0.3) is 0 Å². The van der Waals surface area contributed by atoms with Gasteiger partial charge in [-0.3, -0.25) is 0 Å². The molecule has 0 spiro atoms. The zero-order valence-corrected chi connectivity index (χ0v) is 15.9. The van der Waals surface area contributed by atoms with Gasteiger partial charge in [-0.2, -0.15) is 4.52 Å². The van der Waals surface area contributed by atoms with Crippen LogP contribution in [0.2, 0.25) is 0 Å². The number of hydrogen-bond donors (Lipinski definition) is 0. The predicted octanol–water partition coefficient (Wildman–Crippen LogP) is 4.03. The maximum atomic E-state index is 13.1. The van der Waals surface area contributed by atoms with Crippen LogP contribution in [-0.2, 0) is 5.75 Å². The minimum absolute atomic E-state index is 0.247. The number of fused-ring (bicyclic) bond motifs is 3. The van der Waals surface area contributed by atoms with Crippen LogP contribution in [0.5, 0.6) is 11.5 Å². The van der Waals surface area contributed by atoms with Crippen LogP contribution in [0, 0.1) is 12.7 Å². The molecule has 4 rings (SSSR count). The summed E-state index contributed by atoms with van der Waals surface area (Å²) in [4.78, 5) is 9.30. The maximum Gasteiger partial charge on any atom is 0.191 e. The second kappa shape index (κ2) is 7.03. The minimum atomic E-state index is -0.247. The van der Waals surface area contributed by atoms with Gasteiger partial charge in [-0.05, 0) is 30.7 Å². The van der Waals surface area contributed by atoms with Crippen LogP contribution in [-0.4, -0.2) is 33.8 Å². The molecule has 0 saturated heterocycles. The standard InChI is InChI=1S/C19H17FN4O2S/c1-11-21-18-14-8-16(25-2)17(26-3)9-15(14)22-19(24(18)23-11)27-10-12-4-6-13(20)7-5-12/h4-9H,10H2,1-3H3. The van der Waals surface area contributed by atoms with E-state index in [-0.39, 0.29) is 5.82 Å². The van der Waals surface area contributed by atoms with Gasteiger partial charge in [-0.15, -0.1) is 5.10 Å². The second-order valence-corrected chi connectivity index (χ2v) is 6.87. The highest BCUT2D eigenvalue weighted by Gasteiger charge is 2.16. The zero-order valence-electron chi connectivity index (χ0n) is 15.1. The number of rotatable bonds is 5. The third-order valence-electron chi connectivity index (χ3n) is 4.13. The van der Waals surface area contributed by atoms with Gasteiger partial charge in [0.15, 0.2) is 22.3 Å². The molecule has 2 heterocycles. The number of methoxy groups -OCH3 is 2. The van der Waals surface area contributed by atoms with Crippen molar-refractivity contribution < 1.29 is 13.9 Å². The van der Waals surface area contributed by atoms with E-state index >= 15 is 0 Å². The van der Waals surface area contributed by atoms with Crippen molar-refractivity contribution in [1.29, 1.82) is 0 Å². The summed E-state index contributed by atoms with van der Waals surface area (Å²) in [6.45, 7) is 1.84. The first kappa shape index (κ1) is 17.5. The lowest BCUT2D eigenvalue weighted by Gasteiger charge is -2.11. The Hall–Kier alpha value is -2.87. The Morgan fingerprint density at radius 2 is 1.74 bits per heavy atom. The molecule has 8 heteroatoms. The molecule has 138 valence electrons. The van der Waals surface area contributed by atoms with Crippen molar-refractivity contribution in [1.82, 2.24) is 19.6 Å². The summed E-state index contributed by atoms with van der Waals surface area (Å²) in [6, 6.07) is 10.1. The number of aryl methyl sites for hydroxylation is 1. The lowest BCUT2D eigenvalue weighted by Crippen LogP contribution is -2.00. The molecule has 0 aliphatic heterocycles. The number of nitrogens with zero attached hydrogens (tertiary/aromatic N) is 4. The molecule has 27 heavy (non-hydrogen) atoms. The molecule has 0 radical (unpaired) electrons. The van der Waals surface area contributed by atoms with Crippen molar-refractivity contribution in [3.8, 4) is 11.5 Å². The van der Waals surface area contributed by atoms with Crippen LogP contribution < -0.4 is 9.47 Å². The van der Waals surface area contributed by atoms with Gasteiger partial charge < -0.3 is 9.47 Å². The van der Waals surface area contributed by atoms with E-state index in [4.69, 9.17) is 14.5 Å². The molecule has 0 aliphatic rings. The average Bonchev–Trinajstić information content (AvgIpc) is 3.08. The Labute approximate surface area is 159 Å². The Morgan fingerprint density at radius 1 is 1.04 bits per heavy atom. The second-order valence-electron chi connectivity index (χ2n) is 5.93. The molecule has 0 unspecified atom stereocenters. The summed E-state index contributed by atoms with van der Waals surface area (Å²) >= 11 is 1.52. The molecule has 0 saturated carbocycles. The number of thioether (sulfide) groups is 1. The monoisotopic (exact) mass is 384 g/mol. The minimum Gasteiger partial charge on any atom is -0.493 e. The smallest absolute Gasteiger partial charge is 0.191 e. The number of aromatic nitrogens is 4. The summed E-state index contributed by atoms with van der Waals surface area (Å²) in [5.74, 6) is 2.26. The highest BCUT2D eigenvalue weighted by atomic mass is 32.2. The fourth-order valence-corrected chi connectivity index (χ4v) is 3.74. The van der Waals surface area contributed by atoms with E-state index in [2.05, 4.69) is 10.1 Å². The van der Waals surface area contributed by atoms with Crippen LogP contribution in [0.15, 0.2) is 41.6 Å². The van der Waals surface area contributed by atoms with Crippen molar-refractivity contribution in [2.45, 2.75) is 17.8 Å². The van der Waals surface area contributed by atoms with Crippen LogP contribution >= 0.6 is 11.8 Å². The lowest BCUT2D eigenvalue weighted by molar-refractivity contribution is 0.355. The van der Waals surface area contributed by atoms with Gasteiger partial charge in [0, 0.05) is 17.2 Å². The molecule has 4 aromatic rings. The first-order valence-electron chi connectivity index (χ1n) is 8.25. The molecule has 0 bridgehead atoms. The normalized spacial score (nSPS) is 11.3. The summed E-state index contributed by atoms with van der Waals surface area (Å²) in [7, 11) is 3.18. The van der Waals surface area contributed by atoms with E-state index in [1.54, 1.807) is 30.9 Å². The number of halogens is 1. The first-order valence-corrected chi connectivity index (χ1v) is 9.24. The molecule has 2 aromatic carbocycles. The van der Waals surface area contributed by atoms with E-state index in [0.29, 0.717) is 33.9 Å². The average molecular weight is 384 g/mol. The Bertz CT molecular complexity index is 1130. The van der Waals surface area contributed by atoms with Crippen LogP contribution in [0.3, 0.4) is 0 Å². The fraction of sp³-hybridized carbons (Fsp3) is 0.211. The fourth-order valence-electron chi connectivity index (χ4n) is 2.83. The van der Waals surface area contributed by atoms with Crippen molar-refractivity contribution in [3.05, 3.63) is 53.6 Å². The molecule has 0 fully saturated rings. The zero-order chi connectivity index (χ0) is 19.0. The quantitative estimate of drug-likeness (QED) is 0.382. The molecular weight excluding hydrogens is 367 g/mol. The van der Waals surface area contributed by atoms with Gasteiger partial charge in [-0.1, -0.05) is 23.9 Å². The van der Waals surface area contributed by atoms with Crippen molar-refractivity contribution in [2.24, 2.45) is 0 Å². The summed E-state index contributed by atoms with van der Waals surface area (Å²) in [5, 5.41) is 6.01. The summed E-state index contributed by atoms with van der Waals surface area (Å²) < 4.78 is 25.6. The predicted molar refractivity (Wildman–Crippen MR) is 102 cm³/mol. The molecule has 2 aromatic heterocycles. The Balaban J connectivity index is 1.82. The van der Waals surface area contributed by atoms with E-state index in [9.17, 15) is 4.39 Å². The molecular formula is C19H17FN4O2S. The lowest BCUT2D eigenvalue weighted by atomic mass is 10.2. The number of hydrogen-bond acceptors (Lipinski definition) is 6. The molecule has 6 nitrogen and oxygen atoms in total. The van der Waals surface area contributed by atoms with E-state index in [0.717, 1.165) is 16.5 Å². The van der Waals surface area contributed by atoms with Gasteiger partial charge >= 0.3 is 0 Å². The number of ether oxygens (including phenoxy) is 2. The Morgan fingerprint density at radius 3 is 2.44 bits per heavy atom. The Kier molecular flexibility index (Phi) is 4.57. The molecule has 0 aliphatic carbocycles. The third-order valence-corrected chi connectivity index (χ3v) is 5.13. The highest BCUT2D eigenvalue weighted by molar-refractivity contribution is 7.98. The molecule has 0 atom stereocenters. The van der Waals surface area contributed by atoms with E-state index in [1.165, 1.54) is 23.9 Å². The largest absolute Gasteiger partial charge is 0.493 e. The van der Waals surface area contributed by atoms with Crippen LogP contribution in [0.1, 0.15) is 11.4 Å². The van der Waals surface area contributed by atoms with Crippen molar-refractivity contribution in [3.63, 3.8) is 0 Å². The number of benzene rings is 2. The summed E-state index contributed by atoms with van der Waals surface area (Å²) in [5.41, 5.74) is 2.45. The topological polar surface area (TPSA) is 61.5 Å². The third kappa shape index (κ3) is 3.28. The highest BCUT2D eigenvalue weighted by Crippen LogP contribution is 2.34. The van der Waals surface area contributed by atoms with Crippen molar-refractivity contribution in [2.75, 3.05) is 14.2 Å². The maximum absolute atomic E-state index is 13.1. The van der Waals surface area contributed by atoms with Gasteiger partial charge in [-0.25, -0.2) is 14.4 Å². The van der Waals surface area contributed by atoms with Gasteiger partial charge in [0.05, 0.1) is 19.7 Å². The van der Waals surface area contributed by atoms with E-state index in [1.807, 2.05) is 19.1 Å². The van der Waals surface area contributed by atoms with Crippen LogP contribution in [0.25, 0.3) is 16.6 Å². The van der Waals surface area contributed by atoms with Gasteiger partial charge in [0.1, 0.15) is 11.6 Å². The van der Waals surface area contributed by atoms with E-state index < -0.39 is 0 Å². The summed E-state index contributed by atoms with van der Waals surface area (Å²) in [6.07, 6.45) is 0. The molecule has 0 amide bonds. The van der Waals surface area contributed by atoms with Crippen LogP contribution in [0.4, 0.5) is 4.39 Å². The molecule has 0 N–H and O–H groups in total. The first-order chi connectivity index (χ1) is 13.1. The SMILES string of the molecule is COc1cc2nc(SCc3ccc(F)cc3)n3nc(C)nc3c2cc1OC.